The van der Waals surface area contributed by atoms with Crippen molar-refractivity contribution >= 4 is 34.5 Å². The number of allylic oxidation sites excluding steroid dienone is 4. The van der Waals surface area contributed by atoms with Crippen LogP contribution in [0.4, 0.5) is 11.6 Å². The Kier molecular flexibility index (Phi) is 5.79. The minimum atomic E-state index is -0.0721. The fourth-order valence-electron chi connectivity index (χ4n) is 3.10. The number of hydrogen-bond donors (Lipinski definition) is 1. The predicted molar refractivity (Wildman–Crippen MR) is 118 cm³/mol. The Balaban J connectivity index is 0.000000217. The van der Waals surface area contributed by atoms with Crippen LogP contribution < -0.4 is 5.32 Å². The number of aldehydes is 1. The molecule has 0 aliphatic heterocycles. The van der Waals surface area contributed by atoms with Crippen LogP contribution in [0.5, 0.6) is 0 Å². The highest BCUT2D eigenvalue weighted by Gasteiger charge is 2.17. The molecule has 31 heavy (non-hydrogen) atoms. The number of carbonyl (C=O) groups excluding carboxylic acids is 1. The van der Waals surface area contributed by atoms with Gasteiger partial charge in [-0.25, -0.2) is 9.97 Å². The zero-order valence-electron chi connectivity index (χ0n) is 16.6. The van der Waals surface area contributed by atoms with Gasteiger partial charge < -0.3 is 14.2 Å². The third kappa shape index (κ3) is 4.32. The summed E-state index contributed by atoms with van der Waals surface area (Å²) in [5.41, 5.74) is 5.61. The van der Waals surface area contributed by atoms with Gasteiger partial charge in [0.05, 0.1) is 23.0 Å². The van der Waals surface area contributed by atoms with Crippen molar-refractivity contribution in [1.82, 2.24) is 9.97 Å². The molecule has 0 saturated heterocycles. The second-order valence-corrected chi connectivity index (χ2v) is 6.56. The number of hydrogen-bond acceptors (Lipinski definition) is 8. The van der Waals surface area contributed by atoms with E-state index in [2.05, 4.69) is 33.1 Å². The molecular formula is C23H18N4O4. The molecule has 154 valence electrons. The zero-order valence-corrected chi connectivity index (χ0v) is 16.6. The van der Waals surface area contributed by atoms with E-state index >= 15 is 0 Å². The van der Waals surface area contributed by atoms with Crippen molar-refractivity contribution in [1.29, 1.82) is 0 Å². The summed E-state index contributed by atoms with van der Waals surface area (Å²) in [6, 6.07) is 12.5. The zero-order chi connectivity index (χ0) is 21.6. The van der Waals surface area contributed by atoms with Gasteiger partial charge in [0.15, 0.2) is 17.8 Å². The van der Waals surface area contributed by atoms with Gasteiger partial charge in [0.1, 0.15) is 5.69 Å². The van der Waals surface area contributed by atoms with Gasteiger partial charge in [-0.3, -0.25) is 4.79 Å². The van der Waals surface area contributed by atoms with Gasteiger partial charge in [0.25, 0.3) is 5.88 Å². The maximum atomic E-state index is 9.90. The third-order valence-electron chi connectivity index (χ3n) is 4.60. The first-order valence-electron chi connectivity index (χ1n) is 9.49. The van der Waals surface area contributed by atoms with Crippen molar-refractivity contribution in [3.8, 4) is 11.5 Å². The standard InChI is InChI=1S/C18H15N3O.C5H3NO3/c1-19-13-8-9-14-15(11-13)21-17(12-5-2-3-6-12)18(20-14)16-7-4-10-22-16;7-3-4-1-2-5(6-8)9-4/h2-5,7-11,19H,6H2,1H3;1-3H. The Morgan fingerprint density at radius 3 is 2.58 bits per heavy atom. The average molecular weight is 414 g/mol. The van der Waals surface area contributed by atoms with Crippen LogP contribution >= 0.6 is 0 Å². The summed E-state index contributed by atoms with van der Waals surface area (Å²) in [6.07, 6.45) is 9.31. The van der Waals surface area contributed by atoms with Crippen LogP contribution in [0.3, 0.4) is 0 Å². The Morgan fingerprint density at radius 1 is 1.10 bits per heavy atom. The topological polar surface area (TPSA) is 111 Å². The monoisotopic (exact) mass is 414 g/mol. The highest BCUT2D eigenvalue weighted by Crippen LogP contribution is 2.32. The van der Waals surface area contributed by atoms with Gasteiger partial charge in [0.2, 0.25) is 0 Å². The molecule has 0 saturated carbocycles. The molecule has 4 aromatic rings. The molecule has 8 nitrogen and oxygen atoms in total. The van der Waals surface area contributed by atoms with E-state index in [1.807, 2.05) is 37.4 Å². The van der Waals surface area contributed by atoms with Gasteiger partial charge in [-0.2, -0.15) is 0 Å². The highest BCUT2D eigenvalue weighted by atomic mass is 16.4. The van der Waals surface area contributed by atoms with Crippen molar-refractivity contribution in [2.45, 2.75) is 6.42 Å². The Bertz CT molecular complexity index is 1260. The van der Waals surface area contributed by atoms with E-state index in [9.17, 15) is 9.70 Å². The Labute approximate surface area is 177 Å². The van der Waals surface area contributed by atoms with Gasteiger partial charge in [0, 0.05) is 24.0 Å². The molecule has 3 aromatic heterocycles. The number of nitroso groups, excluding NO2 is 1. The number of fused-ring (bicyclic) bond motifs is 1. The van der Waals surface area contributed by atoms with Crippen LogP contribution in [-0.4, -0.2) is 23.3 Å². The number of carbonyl (C=O) groups is 1. The quantitative estimate of drug-likeness (QED) is 0.326. The minimum absolute atomic E-state index is 0.0721. The molecule has 0 radical (unpaired) electrons. The molecule has 0 fully saturated rings. The first-order chi connectivity index (χ1) is 15.2. The van der Waals surface area contributed by atoms with E-state index in [0.29, 0.717) is 6.29 Å². The van der Waals surface area contributed by atoms with Crippen molar-refractivity contribution in [3.63, 3.8) is 0 Å². The van der Waals surface area contributed by atoms with Gasteiger partial charge in [-0.1, -0.05) is 18.2 Å². The predicted octanol–water partition coefficient (Wildman–Crippen LogP) is 5.76. The van der Waals surface area contributed by atoms with Gasteiger partial charge in [-0.05, 0) is 48.4 Å². The normalized spacial score (nSPS) is 12.2. The van der Waals surface area contributed by atoms with E-state index in [0.717, 1.165) is 45.9 Å². The molecule has 1 aliphatic rings. The van der Waals surface area contributed by atoms with E-state index in [1.165, 1.54) is 12.1 Å². The Morgan fingerprint density at radius 2 is 1.97 bits per heavy atom. The lowest BCUT2D eigenvalue weighted by atomic mass is 10.1. The van der Waals surface area contributed by atoms with Crippen LogP contribution in [-0.2, 0) is 0 Å². The third-order valence-corrected chi connectivity index (χ3v) is 4.60. The van der Waals surface area contributed by atoms with Gasteiger partial charge >= 0.3 is 0 Å². The first-order valence-corrected chi connectivity index (χ1v) is 9.49. The second-order valence-electron chi connectivity index (χ2n) is 6.56. The van der Waals surface area contributed by atoms with Crippen molar-refractivity contribution in [2.24, 2.45) is 5.18 Å². The molecule has 3 heterocycles. The number of anilines is 1. The first kappa shape index (κ1) is 20.0. The van der Waals surface area contributed by atoms with E-state index in [4.69, 9.17) is 14.4 Å². The van der Waals surface area contributed by atoms with Crippen LogP contribution in [0.15, 0.2) is 81.0 Å². The fraction of sp³-hybridized carbons (Fsp3) is 0.0870. The smallest absolute Gasteiger partial charge is 0.261 e. The van der Waals surface area contributed by atoms with E-state index in [1.54, 1.807) is 6.26 Å². The maximum Gasteiger partial charge on any atom is 0.261 e. The second kappa shape index (κ2) is 9.00. The number of nitrogens with zero attached hydrogens (tertiary/aromatic N) is 3. The van der Waals surface area contributed by atoms with Crippen molar-refractivity contribution in [2.75, 3.05) is 12.4 Å². The summed E-state index contributed by atoms with van der Waals surface area (Å²) in [5, 5.41) is 5.60. The van der Waals surface area contributed by atoms with Crippen LogP contribution in [0.25, 0.3) is 28.1 Å². The number of nitrogens with one attached hydrogen (secondary N) is 1. The van der Waals surface area contributed by atoms with Crippen LogP contribution in [0, 0.1) is 4.91 Å². The van der Waals surface area contributed by atoms with Gasteiger partial charge in [-0.15, -0.1) is 4.91 Å². The summed E-state index contributed by atoms with van der Waals surface area (Å²) in [6.45, 7) is 0. The lowest BCUT2D eigenvalue weighted by Gasteiger charge is -2.10. The maximum absolute atomic E-state index is 9.90. The lowest BCUT2D eigenvalue weighted by Crippen LogP contribution is -1.98. The summed E-state index contributed by atoms with van der Waals surface area (Å²) < 4.78 is 10.1. The summed E-state index contributed by atoms with van der Waals surface area (Å²) >= 11 is 0. The molecular weight excluding hydrogens is 396 g/mol. The summed E-state index contributed by atoms with van der Waals surface area (Å²) in [4.78, 5) is 29.2. The molecule has 1 N–H and O–H groups in total. The largest absolute Gasteiger partial charge is 0.463 e. The van der Waals surface area contributed by atoms with Crippen molar-refractivity contribution < 1.29 is 13.6 Å². The molecule has 8 heteroatoms. The summed E-state index contributed by atoms with van der Waals surface area (Å²) in [5.74, 6) is 0.789. The molecule has 1 aliphatic carbocycles. The van der Waals surface area contributed by atoms with E-state index < -0.39 is 0 Å². The molecule has 0 atom stereocenters. The molecule has 0 spiro atoms. The SMILES string of the molecule is CNc1ccc2nc(-c3ccco3)c(C3=CC=CC3)nc2c1.O=Cc1ccc(N=O)o1. The lowest BCUT2D eigenvalue weighted by molar-refractivity contribution is 0.110. The summed E-state index contributed by atoms with van der Waals surface area (Å²) in [7, 11) is 1.90. The van der Waals surface area contributed by atoms with Crippen LogP contribution in [0.2, 0.25) is 0 Å². The minimum Gasteiger partial charge on any atom is -0.463 e. The van der Waals surface area contributed by atoms with Crippen LogP contribution in [0.1, 0.15) is 22.7 Å². The molecule has 0 amide bonds. The number of aromatic nitrogens is 2. The number of benzene rings is 1. The molecule has 0 unspecified atom stereocenters. The molecule has 1 aromatic carbocycles. The average Bonchev–Trinajstić information content (AvgIpc) is 3.60. The number of rotatable bonds is 5. The van der Waals surface area contributed by atoms with Crippen molar-refractivity contribution in [3.05, 3.63) is 83.3 Å². The Hall–Kier alpha value is -4.33. The molecule has 5 rings (SSSR count). The number of furan rings is 2. The fourth-order valence-corrected chi connectivity index (χ4v) is 3.10. The van der Waals surface area contributed by atoms with E-state index in [-0.39, 0.29) is 11.6 Å². The molecule has 0 bridgehead atoms. The highest BCUT2D eigenvalue weighted by molar-refractivity contribution is 5.86.